The van der Waals surface area contributed by atoms with Crippen molar-refractivity contribution in [3.05, 3.63) is 6.42 Å². The van der Waals surface area contributed by atoms with Gasteiger partial charge in [-0.05, 0) is 38.5 Å². The Kier molecular flexibility index (Phi) is 20.0. The summed E-state index contributed by atoms with van der Waals surface area (Å²) in [6.45, 7) is 1.13. The summed E-state index contributed by atoms with van der Waals surface area (Å²) in [6, 6.07) is 0.378. The molecule has 6 amide bonds. The molecule has 0 aliphatic carbocycles. The van der Waals surface area contributed by atoms with Crippen molar-refractivity contribution in [1.82, 2.24) is 26.3 Å². The molecule has 3 atom stereocenters. The maximum atomic E-state index is 12.0. The van der Waals surface area contributed by atoms with Crippen LogP contribution in [-0.4, -0.2) is 89.5 Å². The van der Waals surface area contributed by atoms with Crippen LogP contribution in [0, 0.1) is 6.42 Å². The first-order chi connectivity index (χ1) is 20.6. The molecule has 15 nitrogen and oxygen atoms in total. The van der Waals surface area contributed by atoms with Crippen molar-refractivity contribution in [2.45, 2.75) is 101 Å². The molecule has 0 saturated carbocycles. The number of carbonyl (C=O) groups is 6. The Morgan fingerprint density at radius 2 is 1.43 bits per heavy atom. The Bertz CT molecular complexity index is 1090. The van der Waals surface area contributed by atoms with Crippen LogP contribution in [0.4, 0.5) is 4.79 Å². The summed E-state index contributed by atoms with van der Waals surface area (Å²) in [5.41, 5.74) is 0. The van der Waals surface area contributed by atoms with Crippen molar-refractivity contribution in [2.24, 2.45) is 0 Å². The van der Waals surface area contributed by atoms with Crippen molar-refractivity contribution in [3.63, 3.8) is 0 Å². The zero-order valence-electron chi connectivity index (χ0n) is 25.0. The molecular weight excluding hydrogens is 629 g/mol. The Balaban J connectivity index is 0.00000182. The van der Waals surface area contributed by atoms with Crippen molar-refractivity contribution < 1.29 is 75.8 Å². The third-order valence-electron chi connectivity index (χ3n) is 6.93. The molecule has 3 rings (SSSR count). The number of hydroxylamine groups is 2. The number of fused-ring (bicyclic) bond motifs is 1. The minimum Gasteiger partial charge on any atom is -0.356 e. The van der Waals surface area contributed by atoms with Crippen molar-refractivity contribution >= 4 is 58.0 Å². The monoisotopic (exact) mass is 669 g/mol. The van der Waals surface area contributed by atoms with Gasteiger partial charge in [-0.3, -0.25) is 20.8 Å². The molecule has 44 heavy (non-hydrogen) atoms. The molecule has 3 fully saturated rings. The van der Waals surface area contributed by atoms with E-state index in [1.54, 1.807) is 0 Å². The second-order valence-corrected chi connectivity index (χ2v) is 12.0. The average Bonchev–Trinajstić information content (AvgIpc) is 3.60. The summed E-state index contributed by atoms with van der Waals surface area (Å²) in [7, 11) is -3.11. The van der Waals surface area contributed by atoms with E-state index in [4.69, 9.17) is 17.5 Å². The van der Waals surface area contributed by atoms with Crippen molar-refractivity contribution in [3.8, 4) is 0 Å². The molecule has 0 aromatic rings. The number of thioether (sulfide) groups is 1. The van der Waals surface area contributed by atoms with E-state index in [0.717, 1.165) is 50.7 Å². The number of carbonyl (C=O) groups excluding carboxylic acids is 6. The first kappa shape index (κ1) is 39.7. The molecular formula is C26H40N5NaO10S2. The second-order valence-electron chi connectivity index (χ2n) is 10.3. The van der Waals surface area contributed by atoms with E-state index >= 15 is 0 Å². The first-order valence-corrected chi connectivity index (χ1v) is 16.5. The summed E-state index contributed by atoms with van der Waals surface area (Å²) in [6.07, 6.45) is 9.38. The summed E-state index contributed by atoms with van der Waals surface area (Å²) >= 11 is 1.89. The van der Waals surface area contributed by atoms with E-state index in [-0.39, 0.29) is 72.3 Å². The van der Waals surface area contributed by atoms with Crippen LogP contribution in [0.5, 0.6) is 0 Å². The van der Waals surface area contributed by atoms with E-state index in [1.807, 2.05) is 11.8 Å². The summed E-state index contributed by atoms with van der Waals surface area (Å²) in [5, 5.41) is 12.7. The molecule has 1 unspecified atom stereocenters. The van der Waals surface area contributed by atoms with Gasteiger partial charge < -0.3 is 30.9 Å². The van der Waals surface area contributed by atoms with E-state index in [0.29, 0.717) is 49.1 Å². The largest absolute Gasteiger partial charge is 1.00 e. The Morgan fingerprint density at radius 3 is 2.00 bits per heavy atom. The van der Waals surface area contributed by atoms with Crippen molar-refractivity contribution in [2.75, 3.05) is 18.8 Å². The van der Waals surface area contributed by atoms with E-state index < -0.39 is 28.4 Å². The Labute approximate surface area is 284 Å². The van der Waals surface area contributed by atoms with Crippen LogP contribution >= 0.6 is 11.8 Å². The van der Waals surface area contributed by atoms with Crippen LogP contribution in [0.2, 0.25) is 0 Å². The number of rotatable bonds is 18. The molecule has 3 heterocycles. The second kappa shape index (κ2) is 22.2. The minimum atomic E-state index is -3.11. The number of unbranched alkanes of at least 4 members (excludes halogenated alkanes) is 5. The molecule has 0 bridgehead atoms. The molecule has 3 aliphatic rings. The fraction of sp³-hybridized carbons (Fsp3) is 0.731. The van der Waals surface area contributed by atoms with Gasteiger partial charge in [0.2, 0.25) is 17.7 Å². The molecule has 3 aliphatic heterocycles. The number of imide groups is 1. The van der Waals surface area contributed by atoms with Crippen LogP contribution in [0.3, 0.4) is 0 Å². The molecule has 0 spiro atoms. The van der Waals surface area contributed by atoms with E-state index in [9.17, 15) is 28.8 Å². The molecule has 242 valence electrons. The quantitative estimate of drug-likeness (QED) is 0.0393. The molecule has 0 radical (unpaired) electrons. The predicted molar refractivity (Wildman–Crippen MR) is 153 cm³/mol. The van der Waals surface area contributed by atoms with Gasteiger partial charge in [-0.2, -0.15) is 11.8 Å². The van der Waals surface area contributed by atoms with Gasteiger partial charge in [0.05, 0.1) is 12.1 Å². The normalized spacial score (nSPS) is 19.8. The van der Waals surface area contributed by atoms with Gasteiger partial charge in [0.1, 0.15) is 5.91 Å². The van der Waals surface area contributed by atoms with E-state index in [2.05, 4.69) is 21.3 Å². The van der Waals surface area contributed by atoms with Gasteiger partial charge in [0, 0.05) is 43.4 Å². The minimum absolute atomic E-state index is 0. The zero-order valence-corrected chi connectivity index (χ0v) is 28.6. The predicted octanol–water partition coefficient (Wildman–Crippen LogP) is -2.51. The van der Waals surface area contributed by atoms with Gasteiger partial charge in [-0.25, -0.2) is 9.59 Å². The Hall–Kier alpha value is -2.34. The summed E-state index contributed by atoms with van der Waals surface area (Å²) in [4.78, 5) is 74.7. The van der Waals surface area contributed by atoms with Crippen LogP contribution in [0.1, 0.15) is 83.5 Å². The number of amides is 6. The Morgan fingerprint density at radius 1 is 0.864 bits per heavy atom. The summed E-state index contributed by atoms with van der Waals surface area (Å²) < 4.78 is 25.3. The van der Waals surface area contributed by atoms with Crippen LogP contribution < -0.4 is 50.8 Å². The third-order valence-corrected chi connectivity index (χ3v) is 8.44. The first-order valence-electron chi connectivity index (χ1n) is 14.5. The molecule has 0 aromatic heterocycles. The van der Waals surface area contributed by atoms with Gasteiger partial charge in [-0.15, -0.1) is 17.7 Å². The summed E-state index contributed by atoms with van der Waals surface area (Å²) in [5.74, 6) is -0.778. The molecule has 0 aromatic carbocycles. The van der Waals surface area contributed by atoms with Crippen LogP contribution in [-0.2, 0) is 39.4 Å². The van der Waals surface area contributed by atoms with Crippen molar-refractivity contribution in [1.29, 1.82) is 0 Å². The average molecular weight is 670 g/mol. The third kappa shape index (κ3) is 16.1. The van der Waals surface area contributed by atoms with Gasteiger partial charge >= 0.3 is 52.2 Å². The maximum absolute atomic E-state index is 12.0. The molecule has 18 heteroatoms. The standard InChI is InChI=1S/C26H40N5O7S.Na.O3S/c32-20(27-16-8-2-4-12-24(36)38-31-22(34)13-14-23(31)35)10-3-1-7-15-28-21(33)11-6-5-9-19-25-18(17-39-19)29-26(37)30-25;;1-4(2)3/h13,18-19,25H,1-12,14-17H2,(H,27,32)(H,28,33)(H2,29,30,37);;/q-1;+1;/t18-,19?,25-;;/m0../s1. The van der Waals surface area contributed by atoms with E-state index in [1.165, 1.54) is 6.42 Å². The zero-order chi connectivity index (χ0) is 31.6. The van der Waals surface area contributed by atoms with Gasteiger partial charge in [0.15, 0.2) is 0 Å². The van der Waals surface area contributed by atoms with Gasteiger partial charge in [0.25, 0.3) is 0 Å². The van der Waals surface area contributed by atoms with Crippen LogP contribution in [0.15, 0.2) is 0 Å². The smallest absolute Gasteiger partial charge is 0.356 e. The fourth-order valence-corrected chi connectivity index (χ4v) is 6.32. The van der Waals surface area contributed by atoms with Crippen LogP contribution in [0.25, 0.3) is 0 Å². The number of hydrogen-bond donors (Lipinski definition) is 4. The number of nitrogens with zero attached hydrogens (tertiary/aromatic N) is 1. The topological polar surface area (TPSA) is 214 Å². The molecule has 4 N–H and O–H groups in total. The fourth-order valence-electron chi connectivity index (χ4n) is 4.77. The number of nitrogens with one attached hydrogen (secondary N) is 4. The SMILES string of the molecule is O=C(CCCCCNC(=O)CCCCC1SC[C@@H]2NC(=O)N[C@H]12)NCCCCCC(=O)ON1C(=O)[CH-]CC1=O.O=S(=O)=O.[Na+]. The number of hydrogen-bond acceptors (Lipinski definition) is 11. The number of urea groups is 1. The van der Waals surface area contributed by atoms with Gasteiger partial charge in [-0.1, -0.05) is 25.7 Å². The molecule has 3 saturated heterocycles. The maximum Gasteiger partial charge on any atom is 1.00 e.